The van der Waals surface area contributed by atoms with Crippen molar-refractivity contribution in [2.75, 3.05) is 13.1 Å². The molecular formula is C18H20N8O2. The Morgan fingerprint density at radius 3 is 2.86 bits per heavy atom. The number of carbonyl (C=O) groups is 1. The van der Waals surface area contributed by atoms with Crippen LogP contribution in [-0.4, -0.2) is 64.3 Å². The number of pyridine rings is 2. The molecule has 0 unspecified atom stereocenters. The molecule has 0 fully saturated rings. The minimum absolute atomic E-state index is 0.293. The van der Waals surface area contributed by atoms with Crippen LogP contribution in [0.25, 0.3) is 27.7 Å². The number of imidazole rings is 1. The number of aromatic nitrogens is 7. The van der Waals surface area contributed by atoms with Gasteiger partial charge < -0.3 is 14.2 Å². The molecule has 4 aromatic rings. The molecule has 0 N–H and O–H groups in total. The molecule has 144 valence electrons. The van der Waals surface area contributed by atoms with Crippen molar-refractivity contribution in [1.82, 2.24) is 39.5 Å². The average molecular weight is 380 g/mol. The van der Waals surface area contributed by atoms with Gasteiger partial charge in [-0.25, -0.2) is 14.8 Å². The van der Waals surface area contributed by atoms with Gasteiger partial charge in [0.25, 0.3) is 0 Å². The number of nitrogens with zero attached hydrogens (tertiary/aromatic N) is 8. The second kappa shape index (κ2) is 5.85. The Morgan fingerprint density at radius 1 is 1.18 bits per heavy atom. The van der Waals surface area contributed by atoms with Crippen LogP contribution in [0, 0.1) is 0 Å². The summed E-state index contributed by atoms with van der Waals surface area (Å²) in [5, 5.41) is 12.9. The lowest BCUT2D eigenvalue weighted by molar-refractivity contribution is 0.0254. The Bertz CT molecular complexity index is 1220. The standard InChI is InChI=1S/C18H20N8O2/c1-18(2,3)28-17(27)24-8-6-12-20-13-14(25(12)10-9-24)11-5-4-7-19-15(11)26-16(13)21-22-23-26/h4-5,7H,6,8-10H2,1-3H3. The van der Waals surface area contributed by atoms with Gasteiger partial charge in [0.2, 0.25) is 5.65 Å². The summed E-state index contributed by atoms with van der Waals surface area (Å²) in [6, 6.07) is 3.89. The van der Waals surface area contributed by atoms with Crippen LogP contribution in [0.5, 0.6) is 0 Å². The third kappa shape index (κ3) is 2.55. The highest BCUT2D eigenvalue weighted by atomic mass is 16.6. The van der Waals surface area contributed by atoms with E-state index in [1.54, 1.807) is 15.6 Å². The average Bonchev–Trinajstić information content (AvgIpc) is 3.20. The number of fused-ring (bicyclic) bond motifs is 8. The maximum Gasteiger partial charge on any atom is 0.410 e. The van der Waals surface area contributed by atoms with Gasteiger partial charge in [-0.15, -0.1) is 5.10 Å². The maximum absolute atomic E-state index is 12.5. The minimum atomic E-state index is -0.516. The molecule has 0 atom stereocenters. The van der Waals surface area contributed by atoms with Gasteiger partial charge in [-0.1, -0.05) is 0 Å². The van der Waals surface area contributed by atoms with Crippen LogP contribution in [0.2, 0.25) is 0 Å². The fraction of sp³-hybridized carbons (Fsp3) is 0.444. The van der Waals surface area contributed by atoms with Crippen LogP contribution >= 0.6 is 0 Å². The van der Waals surface area contributed by atoms with Crippen molar-refractivity contribution in [3.05, 3.63) is 24.2 Å². The molecular weight excluding hydrogens is 360 g/mol. The smallest absolute Gasteiger partial charge is 0.410 e. The highest BCUT2D eigenvalue weighted by Crippen LogP contribution is 2.29. The summed E-state index contributed by atoms with van der Waals surface area (Å²) >= 11 is 0. The highest BCUT2D eigenvalue weighted by Gasteiger charge is 2.27. The first-order chi connectivity index (χ1) is 13.4. The predicted molar refractivity (Wildman–Crippen MR) is 101 cm³/mol. The zero-order valence-corrected chi connectivity index (χ0v) is 16.0. The molecule has 0 saturated carbocycles. The summed E-state index contributed by atoms with van der Waals surface area (Å²) in [5.74, 6) is 0.905. The van der Waals surface area contributed by atoms with Crippen molar-refractivity contribution in [2.24, 2.45) is 0 Å². The van der Waals surface area contributed by atoms with Gasteiger partial charge in [-0.2, -0.15) is 4.52 Å². The minimum Gasteiger partial charge on any atom is -0.444 e. The van der Waals surface area contributed by atoms with Crippen LogP contribution in [0.4, 0.5) is 4.79 Å². The quantitative estimate of drug-likeness (QED) is 0.458. The SMILES string of the molecule is CC(C)(C)OC(=O)N1CCc2nc3c(c4cccnc4n4nnnc34)n2CC1. The van der Waals surface area contributed by atoms with Crippen molar-refractivity contribution in [2.45, 2.75) is 39.3 Å². The molecule has 0 saturated heterocycles. The van der Waals surface area contributed by atoms with E-state index in [1.165, 1.54) is 0 Å². The number of hydrogen-bond acceptors (Lipinski definition) is 7. The molecule has 10 nitrogen and oxygen atoms in total. The van der Waals surface area contributed by atoms with E-state index in [0.717, 1.165) is 22.2 Å². The summed E-state index contributed by atoms with van der Waals surface area (Å²) in [4.78, 5) is 23.5. The lowest BCUT2D eigenvalue weighted by Crippen LogP contribution is -2.38. The number of rotatable bonds is 0. The number of carbonyl (C=O) groups excluding carboxylic acids is 1. The molecule has 1 aliphatic rings. The summed E-state index contributed by atoms with van der Waals surface area (Å²) < 4.78 is 9.30. The molecule has 5 heterocycles. The van der Waals surface area contributed by atoms with Crippen molar-refractivity contribution in [1.29, 1.82) is 0 Å². The summed E-state index contributed by atoms with van der Waals surface area (Å²) in [5.41, 5.74) is 2.46. The van der Waals surface area contributed by atoms with Gasteiger partial charge in [-0.05, 0) is 43.3 Å². The van der Waals surface area contributed by atoms with Gasteiger partial charge in [0.15, 0.2) is 5.65 Å². The Balaban J connectivity index is 1.61. The molecule has 28 heavy (non-hydrogen) atoms. The van der Waals surface area contributed by atoms with E-state index in [4.69, 9.17) is 9.72 Å². The largest absolute Gasteiger partial charge is 0.444 e. The van der Waals surface area contributed by atoms with E-state index < -0.39 is 5.60 Å². The molecule has 0 spiro atoms. The summed E-state index contributed by atoms with van der Waals surface area (Å²) in [6.45, 7) is 7.34. The van der Waals surface area contributed by atoms with E-state index in [1.807, 2.05) is 32.9 Å². The normalized spacial score (nSPS) is 15.2. The highest BCUT2D eigenvalue weighted by molar-refractivity contribution is 6.07. The van der Waals surface area contributed by atoms with Gasteiger partial charge in [-0.3, -0.25) is 0 Å². The predicted octanol–water partition coefficient (Wildman–Crippen LogP) is 1.82. The monoisotopic (exact) mass is 380 g/mol. The van der Waals surface area contributed by atoms with Gasteiger partial charge in [0.05, 0.1) is 5.52 Å². The Labute approximate surface area is 160 Å². The zero-order chi connectivity index (χ0) is 19.5. The Hall–Kier alpha value is -3.30. The fourth-order valence-corrected chi connectivity index (χ4v) is 3.66. The molecule has 0 bridgehead atoms. The molecule has 1 aliphatic heterocycles. The van der Waals surface area contributed by atoms with Gasteiger partial charge in [0.1, 0.15) is 16.9 Å². The van der Waals surface area contributed by atoms with Crippen molar-refractivity contribution in [3.63, 3.8) is 0 Å². The first-order valence-electron chi connectivity index (χ1n) is 9.24. The summed E-state index contributed by atoms with van der Waals surface area (Å²) in [6.07, 6.45) is 2.06. The molecule has 0 aromatic carbocycles. The van der Waals surface area contributed by atoms with E-state index in [9.17, 15) is 4.79 Å². The Kier molecular flexibility index (Phi) is 3.52. The molecule has 0 radical (unpaired) electrons. The van der Waals surface area contributed by atoms with E-state index >= 15 is 0 Å². The molecule has 5 rings (SSSR count). The third-order valence-corrected chi connectivity index (χ3v) is 4.82. The van der Waals surface area contributed by atoms with Crippen molar-refractivity contribution >= 4 is 33.8 Å². The van der Waals surface area contributed by atoms with E-state index in [0.29, 0.717) is 37.3 Å². The molecule has 10 heteroatoms. The zero-order valence-electron chi connectivity index (χ0n) is 16.0. The number of tetrazole rings is 1. The lowest BCUT2D eigenvalue weighted by atomic mass is 10.2. The van der Waals surface area contributed by atoms with Crippen LogP contribution in [0.3, 0.4) is 0 Å². The van der Waals surface area contributed by atoms with E-state index in [-0.39, 0.29) is 6.09 Å². The number of ether oxygens (including phenoxy) is 1. The first kappa shape index (κ1) is 16.8. The van der Waals surface area contributed by atoms with Crippen LogP contribution in [-0.2, 0) is 17.7 Å². The van der Waals surface area contributed by atoms with Gasteiger partial charge in [0, 0.05) is 37.6 Å². The topological polar surface area (TPSA) is 103 Å². The van der Waals surface area contributed by atoms with E-state index in [2.05, 4.69) is 25.1 Å². The number of amides is 1. The Morgan fingerprint density at radius 2 is 2.04 bits per heavy atom. The van der Waals surface area contributed by atoms with Crippen LogP contribution < -0.4 is 0 Å². The second-order valence-electron chi connectivity index (χ2n) is 7.88. The molecule has 0 aliphatic carbocycles. The maximum atomic E-state index is 12.5. The fourth-order valence-electron chi connectivity index (χ4n) is 3.66. The third-order valence-electron chi connectivity index (χ3n) is 4.82. The molecule has 1 amide bonds. The summed E-state index contributed by atoms with van der Waals surface area (Å²) in [7, 11) is 0. The van der Waals surface area contributed by atoms with Crippen LogP contribution in [0.15, 0.2) is 18.3 Å². The molecule has 4 aromatic heterocycles. The van der Waals surface area contributed by atoms with Crippen LogP contribution in [0.1, 0.15) is 26.6 Å². The number of hydrogen-bond donors (Lipinski definition) is 0. The van der Waals surface area contributed by atoms with Gasteiger partial charge >= 0.3 is 6.09 Å². The second-order valence-corrected chi connectivity index (χ2v) is 7.88. The van der Waals surface area contributed by atoms with Crippen molar-refractivity contribution < 1.29 is 9.53 Å². The first-order valence-corrected chi connectivity index (χ1v) is 9.24. The van der Waals surface area contributed by atoms with Crippen molar-refractivity contribution in [3.8, 4) is 0 Å². The lowest BCUT2D eigenvalue weighted by Gasteiger charge is -2.26.